The van der Waals surface area contributed by atoms with E-state index in [4.69, 9.17) is 5.11 Å². The average Bonchev–Trinajstić information content (AvgIpc) is 2.85. The van der Waals surface area contributed by atoms with Crippen LogP contribution in [-0.4, -0.2) is 68.1 Å². The summed E-state index contributed by atoms with van der Waals surface area (Å²) in [7, 11) is 0. The molecule has 1 aliphatic rings. The standard InChI is InChI=1S/C20H32N4O4/c1-5-18-17(11-21-24(18)12-14(2)3)20(28)22-9-6-7-16(8-10-22)23(15(4)25)13-19(26)27/h11,14,16H,5-10,12-13H2,1-4H3,(H,26,27). The fourth-order valence-corrected chi connectivity index (χ4v) is 3.87. The first-order chi connectivity index (χ1) is 13.2. The number of aromatic nitrogens is 2. The molecule has 0 saturated carbocycles. The molecule has 8 nitrogen and oxygen atoms in total. The lowest BCUT2D eigenvalue weighted by Crippen LogP contribution is -2.43. The van der Waals surface area contributed by atoms with Crippen LogP contribution < -0.4 is 0 Å². The highest BCUT2D eigenvalue weighted by atomic mass is 16.4. The average molecular weight is 393 g/mol. The summed E-state index contributed by atoms with van der Waals surface area (Å²) in [5.41, 5.74) is 1.60. The van der Waals surface area contributed by atoms with Gasteiger partial charge < -0.3 is 14.9 Å². The topological polar surface area (TPSA) is 95.7 Å². The van der Waals surface area contributed by atoms with Crippen LogP contribution >= 0.6 is 0 Å². The number of amides is 2. The van der Waals surface area contributed by atoms with Crippen molar-refractivity contribution in [3.05, 3.63) is 17.5 Å². The Labute approximate surface area is 166 Å². The third kappa shape index (κ3) is 5.33. The molecule has 8 heteroatoms. The van der Waals surface area contributed by atoms with E-state index in [0.717, 1.165) is 25.1 Å². The minimum atomic E-state index is -1.02. The summed E-state index contributed by atoms with van der Waals surface area (Å²) < 4.78 is 1.92. The molecular weight excluding hydrogens is 360 g/mol. The van der Waals surface area contributed by atoms with Crippen LogP contribution in [0, 0.1) is 5.92 Å². The molecular formula is C20H32N4O4. The summed E-state index contributed by atoms with van der Waals surface area (Å²) in [6.07, 6.45) is 4.42. The van der Waals surface area contributed by atoms with Gasteiger partial charge in [-0.15, -0.1) is 0 Å². The molecule has 0 spiro atoms. The highest BCUT2D eigenvalue weighted by Gasteiger charge is 2.29. The first-order valence-electron chi connectivity index (χ1n) is 10.1. The van der Waals surface area contributed by atoms with Crippen LogP contribution in [0.5, 0.6) is 0 Å². The van der Waals surface area contributed by atoms with Gasteiger partial charge in [0.25, 0.3) is 5.91 Å². The summed E-state index contributed by atoms with van der Waals surface area (Å²) >= 11 is 0. The Morgan fingerprint density at radius 3 is 2.57 bits per heavy atom. The molecule has 1 saturated heterocycles. The molecule has 1 unspecified atom stereocenters. The summed E-state index contributed by atoms with van der Waals surface area (Å²) in [5, 5.41) is 13.5. The van der Waals surface area contributed by atoms with E-state index < -0.39 is 5.97 Å². The summed E-state index contributed by atoms with van der Waals surface area (Å²) in [6.45, 7) is 9.26. The molecule has 1 aromatic rings. The molecule has 0 aliphatic carbocycles. The molecule has 1 aliphatic heterocycles. The van der Waals surface area contributed by atoms with Gasteiger partial charge in [0.2, 0.25) is 5.91 Å². The highest BCUT2D eigenvalue weighted by molar-refractivity contribution is 5.95. The second kappa shape index (κ2) is 9.71. The van der Waals surface area contributed by atoms with Crippen molar-refractivity contribution in [2.75, 3.05) is 19.6 Å². The minimum absolute atomic E-state index is 0.0277. The number of carbonyl (C=O) groups is 3. The molecule has 28 heavy (non-hydrogen) atoms. The van der Waals surface area contributed by atoms with E-state index in [9.17, 15) is 14.4 Å². The minimum Gasteiger partial charge on any atom is -0.480 e. The zero-order valence-electron chi connectivity index (χ0n) is 17.3. The number of nitrogens with zero attached hydrogens (tertiary/aromatic N) is 4. The van der Waals surface area contributed by atoms with Gasteiger partial charge in [0.05, 0.1) is 17.5 Å². The molecule has 1 N–H and O–H groups in total. The van der Waals surface area contributed by atoms with Crippen molar-refractivity contribution >= 4 is 17.8 Å². The second-order valence-electron chi connectivity index (χ2n) is 7.85. The lowest BCUT2D eigenvalue weighted by atomic mass is 10.1. The summed E-state index contributed by atoms with van der Waals surface area (Å²) in [5.74, 6) is -0.841. The number of aliphatic carboxylic acids is 1. The van der Waals surface area contributed by atoms with E-state index in [0.29, 0.717) is 37.4 Å². The molecule has 1 atom stereocenters. The van der Waals surface area contributed by atoms with Crippen LogP contribution in [-0.2, 0) is 22.6 Å². The van der Waals surface area contributed by atoms with Gasteiger partial charge in [-0.1, -0.05) is 20.8 Å². The van der Waals surface area contributed by atoms with Gasteiger partial charge in [-0.2, -0.15) is 5.10 Å². The highest BCUT2D eigenvalue weighted by Crippen LogP contribution is 2.21. The monoisotopic (exact) mass is 392 g/mol. The van der Waals surface area contributed by atoms with E-state index in [-0.39, 0.29) is 24.4 Å². The summed E-state index contributed by atoms with van der Waals surface area (Å²) in [4.78, 5) is 39.3. The number of hydrogen-bond donors (Lipinski definition) is 1. The second-order valence-corrected chi connectivity index (χ2v) is 7.85. The quantitative estimate of drug-likeness (QED) is 0.766. The summed E-state index contributed by atoms with van der Waals surface area (Å²) in [6, 6.07) is -0.152. The zero-order valence-corrected chi connectivity index (χ0v) is 17.3. The predicted octanol–water partition coefficient (Wildman–Crippen LogP) is 2.03. The van der Waals surface area contributed by atoms with Gasteiger partial charge >= 0.3 is 5.97 Å². The molecule has 2 heterocycles. The fourth-order valence-electron chi connectivity index (χ4n) is 3.87. The number of likely N-dealkylation sites (tertiary alicyclic amines) is 1. The van der Waals surface area contributed by atoms with Gasteiger partial charge in [0.15, 0.2) is 0 Å². The van der Waals surface area contributed by atoms with Gasteiger partial charge in [0.1, 0.15) is 6.54 Å². The van der Waals surface area contributed by atoms with E-state index in [1.165, 1.54) is 11.8 Å². The lowest BCUT2D eigenvalue weighted by molar-refractivity contribution is -0.145. The largest absolute Gasteiger partial charge is 0.480 e. The SMILES string of the molecule is CCc1c(C(=O)N2CCCC(N(CC(=O)O)C(C)=O)CC2)cnn1CC(C)C. The normalized spacial score (nSPS) is 17.5. The van der Waals surface area contributed by atoms with Crippen LogP contribution in [0.25, 0.3) is 0 Å². The molecule has 1 fully saturated rings. The molecule has 1 aromatic heterocycles. The molecule has 0 bridgehead atoms. The number of hydrogen-bond acceptors (Lipinski definition) is 4. The Kier molecular flexibility index (Phi) is 7.60. The van der Waals surface area contributed by atoms with Gasteiger partial charge in [-0.05, 0) is 31.6 Å². The maximum atomic E-state index is 13.1. The van der Waals surface area contributed by atoms with Crippen LogP contribution in [0.15, 0.2) is 6.20 Å². The van der Waals surface area contributed by atoms with Crippen molar-refractivity contribution in [2.24, 2.45) is 5.92 Å². The van der Waals surface area contributed by atoms with Gasteiger partial charge in [-0.25, -0.2) is 0 Å². The lowest BCUT2D eigenvalue weighted by Gasteiger charge is -2.28. The Morgan fingerprint density at radius 1 is 1.29 bits per heavy atom. The molecule has 2 rings (SSSR count). The Balaban J connectivity index is 2.11. The first-order valence-corrected chi connectivity index (χ1v) is 10.1. The van der Waals surface area contributed by atoms with Crippen molar-refractivity contribution in [3.63, 3.8) is 0 Å². The first kappa shape index (κ1) is 21.9. The molecule has 156 valence electrons. The van der Waals surface area contributed by atoms with E-state index in [1.807, 2.05) is 16.5 Å². The van der Waals surface area contributed by atoms with Crippen LogP contribution in [0.2, 0.25) is 0 Å². The Hall–Kier alpha value is -2.38. The van der Waals surface area contributed by atoms with Gasteiger partial charge in [-0.3, -0.25) is 19.1 Å². The third-order valence-corrected chi connectivity index (χ3v) is 5.19. The van der Waals surface area contributed by atoms with Crippen molar-refractivity contribution in [2.45, 2.75) is 66.0 Å². The number of rotatable bonds is 7. The van der Waals surface area contributed by atoms with Crippen LogP contribution in [0.1, 0.15) is 63.0 Å². The fraction of sp³-hybridized carbons (Fsp3) is 0.700. The Morgan fingerprint density at radius 2 is 2.00 bits per heavy atom. The van der Waals surface area contributed by atoms with Crippen molar-refractivity contribution < 1.29 is 19.5 Å². The Bertz CT molecular complexity index is 713. The smallest absolute Gasteiger partial charge is 0.323 e. The van der Waals surface area contributed by atoms with E-state index in [2.05, 4.69) is 18.9 Å². The molecule has 0 radical (unpaired) electrons. The van der Waals surface area contributed by atoms with Gasteiger partial charge in [0, 0.05) is 32.6 Å². The number of carboxylic acids is 1. The molecule has 0 aromatic carbocycles. The van der Waals surface area contributed by atoms with Crippen LogP contribution in [0.3, 0.4) is 0 Å². The van der Waals surface area contributed by atoms with E-state index in [1.54, 1.807) is 6.20 Å². The zero-order chi connectivity index (χ0) is 20.8. The predicted molar refractivity (Wildman–Crippen MR) is 105 cm³/mol. The number of carboxylic acid groups (broad SMARTS) is 1. The van der Waals surface area contributed by atoms with Crippen molar-refractivity contribution in [3.8, 4) is 0 Å². The molecule has 2 amide bonds. The third-order valence-electron chi connectivity index (χ3n) is 5.19. The van der Waals surface area contributed by atoms with Crippen LogP contribution in [0.4, 0.5) is 0 Å². The van der Waals surface area contributed by atoms with Crippen molar-refractivity contribution in [1.29, 1.82) is 0 Å². The maximum Gasteiger partial charge on any atom is 0.323 e. The number of carbonyl (C=O) groups excluding carboxylic acids is 2. The van der Waals surface area contributed by atoms with Crippen molar-refractivity contribution in [1.82, 2.24) is 19.6 Å². The van der Waals surface area contributed by atoms with E-state index >= 15 is 0 Å². The maximum absolute atomic E-state index is 13.1.